The van der Waals surface area contributed by atoms with Crippen molar-refractivity contribution in [3.8, 4) is 0 Å². The van der Waals surface area contributed by atoms with Gasteiger partial charge in [-0.1, -0.05) is 6.92 Å². The Kier molecular flexibility index (Phi) is 4.33. The van der Waals surface area contributed by atoms with E-state index in [1.165, 1.54) is 6.20 Å². The largest absolute Gasteiger partial charge is 0.467 e. The van der Waals surface area contributed by atoms with Crippen LogP contribution < -0.4 is 10.2 Å². The van der Waals surface area contributed by atoms with Gasteiger partial charge in [0.25, 0.3) is 0 Å². The van der Waals surface area contributed by atoms with Crippen molar-refractivity contribution >= 4 is 11.8 Å². The summed E-state index contributed by atoms with van der Waals surface area (Å²) in [5, 5.41) is 3.04. The van der Waals surface area contributed by atoms with Crippen LogP contribution in [0.15, 0.2) is 29.0 Å². The van der Waals surface area contributed by atoms with Crippen molar-refractivity contribution in [1.29, 1.82) is 0 Å². The van der Waals surface area contributed by atoms with Crippen molar-refractivity contribution in [3.05, 3.63) is 36.2 Å². The van der Waals surface area contributed by atoms with Crippen LogP contribution in [0.3, 0.4) is 0 Å². The first-order valence-electron chi connectivity index (χ1n) is 6.20. The minimum atomic E-state index is -0.448. The first-order valence-corrected chi connectivity index (χ1v) is 6.20. The monoisotopic (exact) mass is 264 g/mol. The fourth-order valence-electron chi connectivity index (χ4n) is 1.66. The van der Waals surface area contributed by atoms with E-state index in [2.05, 4.69) is 15.3 Å². The van der Waals surface area contributed by atoms with E-state index < -0.39 is 5.82 Å². The van der Waals surface area contributed by atoms with Gasteiger partial charge in [0.15, 0.2) is 11.6 Å². The maximum absolute atomic E-state index is 13.7. The lowest BCUT2D eigenvalue weighted by atomic mass is 10.4. The molecule has 102 valence electrons. The zero-order valence-corrected chi connectivity index (χ0v) is 11.1. The van der Waals surface area contributed by atoms with Gasteiger partial charge < -0.3 is 14.6 Å². The molecule has 0 atom stereocenters. The molecule has 2 rings (SSSR count). The summed E-state index contributed by atoms with van der Waals surface area (Å²) in [6.45, 7) is 3.25. The van der Waals surface area contributed by atoms with Crippen molar-refractivity contribution in [2.24, 2.45) is 0 Å². The van der Waals surface area contributed by atoms with Crippen LogP contribution in [0.1, 0.15) is 19.1 Å². The molecule has 0 saturated heterocycles. The maximum Gasteiger partial charge on any atom is 0.224 e. The molecular formula is C13H17FN4O. The van der Waals surface area contributed by atoms with Crippen LogP contribution in [-0.2, 0) is 6.54 Å². The van der Waals surface area contributed by atoms with E-state index in [-0.39, 0.29) is 5.82 Å². The fourth-order valence-corrected chi connectivity index (χ4v) is 1.66. The SMILES string of the molecule is CCCNc1ncc(F)c(N(C)Cc2ccco2)n1. The average Bonchev–Trinajstić information content (AvgIpc) is 2.90. The Labute approximate surface area is 111 Å². The van der Waals surface area contributed by atoms with E-state index in [1.54, 1.807) is 24.3 Å². The molecule has 0 aliphatic heterocycles. The average molecular weight is 264 g/mol. The number of aromatic nitrogens is 2. The summed E-state index contributed by atoms with van der Waals surface area (Å²) in [6, 6.07) is 3.64. The smallest absolute Gasteiger partial charge is 0.224 e. The van der Waals surface area contributed by atoms with Crippen molar-refractivity contribution in [2.45, 2.75) is 19.9 Å². The van der Waals surface area contributed by atoms with Crippen molar-refractivity contribution in [2.75, 3.05) is 23.8 Å². The second-order valence-corrected chi connectivity index (χ2v) is 4.23. The lowest BCUT2D eigenvalue weighted by Gasteiger charge is -2.17. The summed E-state index contributed by atoms with van der Waals surface area (Å²) < 4.78 is 19.0. The highest BCUT2D eigenvalue weighted by atomic mass is 19.1. The molecule has 0 radical (unpaired) electrons. The summed E-state index contributed by atoms with van der Waals surface area (Å²) in [6.07, 6.45) is 3.73. The van der Waals surface area contributed by atoms with Gasteiger partial charge in [-0.3, -0.25) is 0 Å². The quantitative estimate of drug-likeness (QED) is 0.869. The summed E-state index contributed by atoms with van der Waals surface area (Å²) in [4.78, 5) is 9.77. The van der Waals surface area contributed by atoms with Crippen LogP contribution >= 0.6 is 0 Å². The molecule has 0 aliphatic rings. The minimum absolute atomic E-state index is 0.255. The van der Waals surface area contributed by atoms with Gasteiger partial charge in [0.05, 0.1) is 19.0 Å². The topological polar surface area (TPSA) is 54.2 Å². The number of furan rings is 1. The van der Waals surface area contributed by atoms with Crippen LogP contribution in [0.25, 0.3) is 0 Å². The predicted octanol–water partition coefficient (Wildman–Crippen LogP) is 2.67. The third kappa shape index (κ3) is 3.43. The van der Waals surface area contributed by atoms with Crippen LogP contribution in [0.5, 0.6) is 0 Å². The lowest BCUT2D eigenvalue weighted by molar-refractivity contribution is 0.504. The molecule has 1 N–H and O–H groups in total. The summed E-state index contributed by atoms with van der Waals surface area (Å²) in [5.41, 5.74) is 0. The van der Waals surface area contributed by atoms with Gasteiger partial charge in [-0.25, -0.2) is 9.37 Å². The first kappa shape index (κ1) is 13.3. The summed E-state index contributed by atoms with van der Waals surface area (Å²) in [5.74, 6) is 0.995. The van der Waals surface area contributed by atoms with Crippen molar-refractivity contribution < 1.29 is 8.81 Å². The van der Waals surface area contributed by atoms with Gasteiger partial charge in [-0.05, 0) is 18.6 Å². The van der Waals surface area contributed by atoms with Crippen molar-refractivity contribution in [1.82, 2.24) is 9.97 Å². The normalized spacial score (nSPS) is 10.5. The number of rotatable bonds is 6. The molecule has 0 bridgehead atoms. The van der Waals surface area contributed by atoms with E-state index in [0.717, 1.165) is 18.7 Å². The second-order valence-electron chi connectivity index (χ2n) is 4.23. The van der Waals surface area contributed by atoms with E-state index in [0.29, 0.717) is 12.5 Å². The molecule has 2 aromatic rings. The number of halogens is 1. The Morgan fingerprint density at radius 3 is 3.00 bits per heavy atom. The van der Waals surface area contributed by atoms with Gasteiger partial charge in [-0.2, -0.15) is 4.98 Å². The Morgan fingerprint density at radius 1 is 1.47 bits per heavy atom. The second kappa shape index (κ2) is 6.17. The summed E-state index contributed by atoms with van der Waals surface area (Å²) >= 11 is 0. The molecular weight excluding hydrogens is 247 g/mol. The van der Waals surface area contributed by atoms with Gasteiger partial charge >= 0.3 is 0 Å². The molecule has 0 aliphatic carbocycles. The summed E-state index contributed by atoms with van der Waals surface area (Å²) in [7, 11) is 1.76. The Hall–Kier alpha value is -2.11. The van der Waals surface area contributed by atoms with Crippen LogP contribution in [0.4, 0.5) is 16.2 Å². The van der Waals surface area contributed by atoms with E-state index in [4.69, 9.17) is 4.42 Å². The molecule has 0 spiro atoms. The van der Waals surface area contributed by atoms with Crippen LogP contribution in [0, 0.1) is 5.82 Å². The highest BCUT2D eigenvalue weighted by Crippen LogP contribution is 2.18. The molecule has 0 fully saturated rings. The van der Waals surface area contributed by atoms with Gasteiger partial charge in [-0.15, -0.1) is 0 Å². The van der Waals surface area contributed by atoms with E-state index in [1.807, 2.05) is 13.0 Å². The van der Waals surface area contributed by atoms with Gasteiger partial charge in [0.2, 0.25) is 5.95 Å². The standard InChI is InChI=1S/C13H17FN4O/c1-3-6-15-13-16-8-11(14)12(17-13)18(2)9-10-5-4-7-19-10/h4-5,7-8H,3,6,9H2,1-2H3,(H,15,16,17). The zero-order valence-electron chi connectivity index (χ0n) is 11.1. The number of hydrogen-bond acceptors (Lipinski definition) is 5. The predicted molar refractivity (Wildman–Crippen MR) is 71.6 cm³/mol. The Bertz CT molecular complexity index is 515. The van der Waals surface area contributed by atoms with E-state index >= 15 is 0 Å². The van der Waals surface area contributed by atoms with Crippen LogP contribution in [0.2, 0.25) is 0 Å². The first-order chi connectivity index (χ1) is 9.20. The molecule has 0 aromatic carbocycles. The third-order valence-corrected chi connectivity index (χ3v) is 2.59. The minimum Gasteiger partial charge on any atom is -0.467 e. The van der Waals surface area contributed by atoms with E-state index in [9.17, 15) is 4.39 Å². The maximum atomic E-state index is 13.7. The number of nitrogens with one attached hydrogen (secondary N) is 1. The molecule has 0 unspecified atom stereocenters. The van der Waals surface area contributed by atoms with Gasteiger partial charge in [0.1, 0.15) is 5.76 Å². The van der Waals surface area contributed by atoms with Gasteiger partial charge in [0, 0.05) is 13.6 Å². The fraction of sp³-hybridized carbons (Fsp3) is 0.385. The van der Waals surface area contributed by atoms with Crippen molar-refractivity contribution in [3.63, 3.8) is 0 Å². The highest BCUT2D eigenvalue weighted by molar-refractivity contribution is 5.43. The molecule has 19 heavy (non-hydrogen) atoms. The Morgan fingerprint density at radius 2 is 2.32 bits per heavy atom. The molecule has 0 amide bonds. The molecule has 6 heteroatoms. The molecule has 2 heterocycles. The molecule has 5 nitrogen and oxygen atoms in total. The zero-order chi connectivity index (χ0) is 13.7. The number of nitrogens with zero attached hydrogens (tertiary/aromatic N) is 3. The molecule has 2 aromatic heterocycles. The third-order valence-electron chi connectivity index (χ3n) is 2.59. The highest BCUT2D eigenvalue weighted by Gasteiger charge is 2.12. The number of anilines is 2. The van der Waals surface area contributed by atoms with Crippen LogP contribution in [-0.4, -0.2) is 23.6 Å². The Balaban J connectivity index is 2.13. The lowest BCUT2D eigenvalue weighted by Crippen LogP contribution is -2.20. The number of hydrogen-bond donors (Lipinski definition) is 1. The molecule has 0 saturated carbocycles.